The van der Waals surface area contributed by atoms with Crippen molar-refractivity contribution in [1.82, 2.24) is 4.98 Å². The maximum absolute atomic E-state index is 11.7. The number of pyridine rings is 1. The van der Waals surface area contributed by atoms with Gasteiger partial charge in [-0.3, -0.25) is 5.32 Å². The lowest BCUT2D eigenvalue weighted by molar-refractivity contribution is 0.262. The molecule has 5 heteroatoms. The number of aromatic nitrogens is 1. The number of nitrogens with one attached hydrogen (secondary N) is 2. The van der Waals surface area contributed by atoms with Crippen molar-refractivity contribution in [2.75, 3.05) is 10.6 Å². The van der Waals surface area contributed by atoms with Crippen molar-refractivity contribution in [1.29, 1.82) is 0 Å². The molecule has 0 saturated heterocycles. The SMILES string of the molecule is Cc1cnc(NC(=O)Nc2ccccc2)c(Br)c1. The Balaban J connectivity index is 2.03. The molecule has 2 amide bonds. The highest BCUT2D eigenvalue weighted by atomic mass is 79.9. The molecule has 0 saturated carbocycles. The fraction of sp³-hybridized carbons (Fsp3) is 0.0769. The molecule has 0 spiro atoms. The van der Waals surface area contributed by atoms with Crippen LogP contribution in [0, 0.1) is 6.92 Å². The highest BCUT2D eigenvalue weighted by Crippen LogP contribution is 2.20. The molecular weight excluding hydrogens is 294 g/mol. The van der Waals surface area contributed by atoms with Crippen LogP contribution < -0.4 is 10.6 Å². The molecule has 0 fully saturated rings. The normalized spacial score (nSPS) is 9.89. The van der Waals surface area contributed by atoms with Gasteiger partial charge in [-0.15, -0.1) is 0 Å². The molecule has 0 radical (unpaired) electrons. The van der Waals surface area contributed by atoms with Gasteiger partial charge in [0.2, 0.25) is 0 Å². The number of carbonyl (C=O) groups excluding carboxylic acids is 1. The molecule has 2 rings (SSSR count). The van der Waals surface area contributed by atoms with E-state index in [1.54, 1.807) is 6.20 Å². The molecule has 0 aliphatic rings. The van der Waals surface area contributed by atoms with Crippen LogP contribution in [0.1, 0.15) is 5.56 Å². The number of urea groups is 1. The van der Waals surface area contributed by atoms with Gasteiger partial charge in [-0.1, -0.05) is 18.2 Å². The molecule has 1 heterocycles. The molecule has 2 aromatic rings. The lowest BCUT2D eigenvalue weighted by Gasteiger charge is -2.08. The summed E-state index contributed by atoms with van der Waals surface area (Å²) in [6.45, 7) is 1.94. The zero-order valence-corrected chi connectivity index (χ0v) is 11.4. The molecule has 0 aliphatic carbocycles. The van der Waals surface area contributed by atoms with E-state index >= 15 is 0 Å². The average Bonchev–Trinajstić information content (AvgIpc) is 2.34. The van der Waals surface area contributed by atoms with Gasteiger partial charge in [0.05, 0.1) is 4.47 Å². The summed E-state index contributed by atoms with van der Waals surface area (Å²) < 4.78 is 0.755. The minimum atomic E-state index is -0.321. The van der Waals surface area contributed by atoms with E-state index in [0.29, 0.717) is 5.82 Å². The predicted octanol–water partition coefficient (Wildman–Crippen LogP) is 3.80. The number of aryl methyl sites for hydroxylation is 1. The first-order valence-corrected chi connectivity index (χ1v) is 6.19. The molecule has 1 aromatic heterocycles. The molecule has 1 aromatic carbocycles. The Hall–Kier alpha value is -1.88. The van der Waals surface area contributed by atoms with Crippen LogP contribution in [0.15, 0.2) is 47.1 Å². The van der Waals surface area contributed by atoms with Crippen LogP contribution in [-0.4, -0.2) is 11.0 Å². The summed E-state index contributed by atoms with van der Waals surface area (Å²) in [5, 5.41) is 5.40. The Labute approximate surface area is 114 Å². The lowest BCUT2D eigenvalue weighted by atomic mass is 10.3. The van der Waals surface area contributed by atoms with Crippen molar-refractivity contribution in [2.45, 2.75) is 6.92 Å². The zero-order chi connectivity index (χ0) is 13.0. The van der Waals surface area contributed by atoms with E-state index in [9.17, 15) is 4.79 Å². The van der Waals surface area contributed by atoms with E-state index in [1.807, 2.05) is 43.3 Å². The first-order chi connectivity index (χ1) is 8.65. The Kier molecular flexibility index (Phi) is 3.94. The molecule has 4 nitrogen and oxygen atoms in total. The van der Waals surface area contributed by atoms with Crippen LogP contribution in [0.3, 0.4) is 0 Å². The monoisotopic (exact) mass is 305 g/mol. The van der Waals surface area contributed by atoms with E-state index in [0.717, 1.165) is 15.7 Å². The van der Waals surface area contributed by atoms with E-state index < -0.39 is 0 Å². The van der Waals surface area contributed by atoms with Gasteiger partial charge in [0.25, 0.3) is 0 Å². The van der Waals surface area contributed by atoms with Gasteiger partial charge in [0, 0.05) is 11.9 Å². The fourth-order valence-electron chi connectivity index (χ4n) is 1.42. The maximum Gasteiger partial charge on any atom is 0.324 e. The molecule has 18 heavy (non-hydrogen) atoms. The summed E-state index contributed by atoms with van der Waals surface area (Å²) in [4.78, 5) is 15.9. The van der Waals surface area contributed by atoms with Gasteiger partial charge >= 0.3 is 6.03 Å². The first-order valence-electron chi connectivity index (χ1n) is 5.40. The largest absolute Gasteiger partial charge is 0.324 e. The summed E-state index contributed by atoms with van der Waals surface area (Å²) >= 11 is 3.36. The van der Waals surface area contributed by atoms with Gasteiger partial charge in [-0.25, -0.2) is 9.78 Å². The van der Waals surface area contributed by atoms with Gasteiger partial charge in [-0.05, 0) is 46.6 Å². The minimum Gasteiger partial charge on any atom is -0.308 e. The second-order valence-corrected chi connectivity index (χ2v) is 4.64. The average molecular weight is 306 g/mol. The van der Waals surface area contributed by atoms with Crippen LogP contribution in [0.5, 0.6) is 0 Å². The van der Waals surface area contributed by atoms with Crippen molar-refractivity contribution < 1.29 is 4.79 Å². The van der Waals surface area contributed by atoms with Crippen LogP contribution in [0.25, 0.3) is 0 Å². The van der Waals surface area contributed by atoms with Crippen LogP contribution >= 0.6 is 15.9 Å². The number of halogens is 1. The maximum atomic E-state index is 11.7. The van der Waals surface area contributed by atoms with Gasteiger partial charge in [0.15, 0.2) is 0 Å². The van der Waals surface area contributed by atoms with Crippen molar-refractivity contribution in [3.05, 3.63) is 52.6 Å². The minimum absolute atomic E-state index is 0.321. The molecule has 0 unspecified atom stereocenters. The number of para-hydroxylation sites is 1. The number of rotatable bonds is 2. The van der Waals surface area contributed by atoms with E-state index in [-0.39, 0.29) is 6.03 Å². The summed E-state index contributed by atoms with van der Waals surface area (Å²) in [6.07, 6.45) is 1.70. The molecule has 92 valence electrons. The van der Waals surface area contributed by atoms with E-state index in [1.165, 1.54) is 0 Å². The Bertz CT molecular complexity index is 557. The quantitative estimate of drug-likeness (QED) is 0.886. The second-order valence-electron chi connectivity index (χ2n) is 3.79. The van der Waals surface area contributed by atoms with E-state index in [2.05, 4.69) is 31.5 Å². The standard InChI is InChI=1S/C13H12BrN3O/c1-9-7-11(14)12(15-8-9)17-13(18)16-10-5-3-2-4-6-10/h2-8H,1H3,(H2,15,16,17,18). The number of hydrogen-bond donors (Lipinski definition) is 2. The molecule has 0 atom stereocenters. The molecule has 0 bridgehead atoms. The number of benzene rings is 1. The number of nitrogens with zero attached hydrogens (tertiary/aromatic N) is 1. The molecule has 0 aliphatic heterocycles. The molecular formula is C13H12BrN3O. The predicted molar refractivity (Wildman–Crippen MR) is 75.8 cm³/mol. The van der Waals surface area contributed by atoms with Gasteiger partial charge in [0.1, 0.15) is 5.82 Å². The Morgan fingerprint density at radius 2 is 1.94 bits per heavy atom. The Morgan fingerprint density at radius 3 is 2.61 bits per heavy atom. The van der Waals surface area contributed by atoms with Crippen molar-refractivity contribution in [3.63, 3.8) is 0 Å². The third-order valence-electron chi connectivity index (χ3n) is 2.24. The summed E-state index contributed by atoms with van der Waals surface area (Å²) in [6, 6.07) is 10.8. The number of hydrogen-bond acceptors (Lipinski definition) is 2. The third kappa shape index (κ3) is 3.30. The number of amides is 2. The summed E-state index contributed by atoms with van der Waals surface area (Å²) in [5.41, 5.74) is 1.76. The highest BCUT2D eigenvalue weighted by Gasteiger charge is 2.06. The second kappa shape index (κ2) is 5.64. The van der Waals surface area contributed by atoms with Gasteiger partial charge in [-0.2, -0.15) is 0 Å². The fourth-order valence-corrected chi connectivity index (χ4v) is 1.98. The van der Waals surface area contributed by atoms with Crippen LogP contribution in [0.4, 0.5) is 16.3 Å². The van der Waals surface area contributed by atoms with Crippen molar-refractivity contribution >= 4 is 33.5 Å². The number of carbonyl (C=O) groups is 1. The topological polar surface area (TPSA) is 54.0 Å². The van der Waals surface area contributed by atoms with E-state index in [4.69, 9.17) is 0 Å². The zero-order valence-electron chi connectivity index (χ0n) is 9.77. The summed E-state index contributed by atoms with van der Waals surface area (Å²) in [5.74, 6) is 0.494. The van der Waals surface area contributed by atoms with Crippen molar-refractivity contribution in [2.24, 2.45) is 0 Å². The number of anilines is 2. The van der Waals surface area contributed by atoms with Crippen molar-refractivity contribution in [3.8, 4) is 0 Å². The Morgan fingerprint density at radius 1 is 1.22 bits per heavy atom. The smallest absolute Gasteiger partial charge is 0.308 e. The lowest BCUT2D eigenvalue weighted by Crippen LogP contribution is -2.20. The third-order valence-corrected chi connectivity index (χ3v) is 2.85. The summed E-state index contributed by atoms with van der Waals surface area (Å²) in [7, 11) is 0. The highest BCUT2D eigenvalue weighted by molar-refractivity contribution is 9.10. The van der Waals surface area contributed by atoms with Crippen LogP contribution in [-0.2, 0) is 0 Å². The van der Waals surface area contributed by atoms with Gasteiger partial charge < -0.3 is 5.32 Å². The molecule has 2 N–H and O–H groups in total. The van der Waals surface area contributed by atoms with Crippen LogP contribution in [0.2, 0.25) is 0 Å². The first kappa shape index (κ1) is 12.6.